The van der Waals surface area contributed by atoms with Gasteiger partial charge in [0.2, 0.25) is 5.84 Å². The van der Waals surface area contributed by atoms with E-state index in [1.165, 1.54) is 5.12 Å². The van der Waals surface area contributed by atoms with Crippen molar-refractivity contribution in [3.63, 3.8) is 0 Å². The van der Waals surface area contributed by atoms with Crippen molar-refractivity contribution < 1.29 is 0 Å². The molecule has 1 aromatic carbocycles. The molecule has 0 radical (unpaired) electrons. The Morgan fingerprint density at radius 3 is 2.75 bits per heavy atom. The van der Waals surface area contributed by atoms with Crippen LogP contribution in [-0.4, -0.2) is 16.1 Å². The van der Waals surface area contributed by atoms with Gasteiger partial charge in [-0.05, 0) is 12.2 Å². The van der Waals surface area contributed by atoms with E-state index in [4.69, 9.17) is 0 Å². The molecule has 0 aromatic heterocycles. The van der Waals surface area contributed by atoms with Crippen LogP contribution in [0.25, 0.3) is 0 Å². The van der Waals surface area contributed by atoms with Crippen LogP contribution in [0.15, 0.2) is 40.5 Å². The lowest BCUT2D eigenvalue weighted by Gasteiger charge is -1.90. The Bertz CT molecular complexity index is 365. The van der Waals surface area contributed by atoms with Crippen molar-refractivity contribution in [3.8, 4) is 0 Å². The average molecular weight is 175 g/mol. The summed E-state index contributed by atoms with van der Waals surface area (Å²) in [5.41, 5.74) is 1.05. The third-order valence-electron chi connectivity index (χ3n) is 1.51. The molecule has 0 unspecified atom stereocenters. The number of nitrogens with zero attached hydrogens (tertiary/aromatic N) is 3. The highest BCUT2D eigenvalue weighted by Gasteiger charge is 2.24. The van der Waals surface area contributed by atoms with E-state index in [1.807, 2.05) is 30.3 Å². The normalized spacial score (nSPS) is 13.3. The Kier molecular flexibility index (Phi) is 1.70. The van der Waals surface area contributed by atoms with Crippen LogP contribution in [0.3, 0.4) is 0 Å². The van der Waals surface area contributed by atoms with Gasteiger partial charge in [-0.15, -0.1) is 10.2 Å². The van der Waals surface area contributed by atoms with Crippen LogP contribution >= 0.6 is 12.2 Å². The SMILES string of the molecule is S=C=NN1N=C1c1ccccc1. The van der Waals surface area contributed by atoms with Crippen LogP contribution in [0.2, 0.25) is 0 Å². The first kappa shape index (κ1) is 7.16. The number of hydrazone groups is 2. The molecule has 0 N–H and O–H groups in total. The van der Waals surface area contributed by atoms with Crippen LogP contribution in [0, 0.1) is 0 Å². The van der Waals surface area contributed by atoms with E-state index in [-0.39, 0.29) is 0 Å². The van der Waals surface area contributed by atoms with Crippen molar-refractivity contribution >= 4 is 23.2 Å². The number of isothiocyanates is 1. The number of hydrogen-bond donors (Lipinski definition) is 0. The van der Waals surface area contributed by atoms with Gasteiger partial charge in [-0.3, -0.25) is 0 Å². The summed E-state index contributed by atoms with van der Waals surface area (Å²) in [5, 5.41) is 11.4. The summed E-state index contributed by atoms with van der Waals surface area (Å²) >= 11 is 4.44. The molecule has 0 spiro atoms. The van der Waals surface area contributed by atoms with Crippen molar-refractivity contribution in [1.29, 1.82) is 0 Å². The molecule has 4 heteroatoms. The minimum absolute atomic E-state index is 0.841. The number of benzene rings is 1. The Labute approximate surface area is 75.0 Å². The largest absolute Gasteiger partial charge is 0.204 e. The van der Waals surface area contributed by atoms with E-state index >= 15 is 0 Å². The second kappa shape index (κ2) is 2.85. The Balaban J connectivity index is 2.16. The molecule has 0 amide bonds. The fourth-order valence-corrected chi connectivity index (χ4v) is 1.01. The zero-order chi connectivity index (χ0) is 8.39. The van der Waals surface area contributed by atoms with E-state index in [9.17, 15) is 0 Å². The zero-order valence-electron chi connectivity index (χ0n) is 6.14. The maximum atomic E-state index is 4.44. The highest BCUT2D eigenvalue weighted by Crippen LogP contribution is 2.17. The van der Waals surface area contributed by atoms with Gasteiger partial charge in [0.1, 0.15) is 0 Å². The van der Waals surface area contributed by atoms with E-state index in [2.05, 4.69) is 27.6 Å². The Morgan fingerprint density at radius 1 is 1.33 bits per heavy atom. The van der Waals surface area contributed by atoms with Crippen LogP contribution < -0.4 is 0 Å². The van der Waals surface area contributed by atoms with Crippen molar-refractivity contribution in [2.24, 2.45) is 10.2 Å². The van der Waals surface area contributed by atoms with Gasteiger partial charge in [-0.1, -0.05) is 35.4 Å². The summed E-state index contributed by atoms with van der Waals surface area (Å²) in [7, 11) is 0. The molecule has 1 heterocycles. The molecule has 12 heavy (non-hydrogen) atoms. The summed E-state index contributed by atoms with van der Waals surface area (Å²) in [6.07, 6.45) is 0. The number of hydrogen-bond acceptors (Lipinski definition) is 4. The maximum absolute atomic E-state index is 4.44. The molecule has 0 saturated carbocycles. The van der Waals surface area contributed by atoms with Crippen LogP contribution in [0.1, 0.15) is 5.56 Å². The van der Waals surface area contributed by atoms with Crippen LogP contribution in [0.5, 0.6) is 0 Å². The second-order valence-corrected chi connectivity index (χ2v) is 2.45. The smallest absolute Gasteiger partial charge is 0.125 e. The van der Waals surface area contributed by atoms with E-state index in [0.717, 1.165) is 11.4 Å². The second-order valence-electron chi connectivity index (χ2n) is 2.27. The lowest BCUT2D eigenvalue weighted by molar-refractivity contribution is 0.605. The predicted molar refractivity (Wildman–Crippen MR) is 49.8 cm³/mol. The molecular formula is C8H5N3S. The van der Waals surface area contributed by atoms with Gasteiger partial charge in [0.25, 0.3) is 0 Å². The van der Waals surface area contributed by atoms with Crippen LogP contribution in [-0.2, 0) is 0 Å². The predicted octanol–water partition coefficient (Wildman–Crippen LogP) is 1.68. The first-order valence-electron chi connectivity index (χ1n) is 3.44. The van der Waals surface area contributed by atoms with Gasteiger partial charge < -0.3 is 0 Å². The number of rotatable bonds is 2. The monoisotopic (exact) mass is 175 g/mol. The molecular weight excluding hydrogens is 170 g/mol. The minimum atomic E-state index is 0.841. The average Bonchev–Trinajstić information content (AvgIpc) is 2.87. The summed E-state index contributed by atoms with van der Waals surface area (Å²) < 4.78 is 0. The maximum Gasteiger partial charge on any atom is 0.204 e. The molecule has 0 bridgehead atoms. The van der Waals surface area contributed by atoms with E-state index in [0.29, 0.717) is 0 Å². The van der Waals surface area contributed by atoms with Gasteiger partial charge in [-0.2, -0.15) is 0 Å². The molecule has 0 aliphatic carbocycles. The molecule has 1 aromatic rings. The summed E-state index contributed by atoms with van der Waals surface area (Å²) in [5.74, 6) is 0.841. The third-order valence-corrected chi connectivity index (χ3v) is 1.59. The lowest BCUT2D eigenvalue weighted by atomic mass is 10.2. The zero-order valence-corrected chi connectivity index (χ0v) is 6.95. The standard InChI is InChI=1S/C8H5N3S/c12-6-9-11-8(10-11)7-4-2-1-3-5-7/h1-5H. The summed E-state index contributed by atoms with van der Waals surface area (Å²) in [4.78, 5) is 0. The van der Waals surface area contributed by atoms with E-state index < -0.39 is 0 Å². The first-order chi connectivity index (χ1) is 5.92. The van der Waals surface area contributed by atoms with Crippen LogP contribution in [0.4, 0.5) is 0 Å². The van der Waals surface area contributed by atoms with E-state index in [1.54, 1.807) is 0 Å². The first-order valence-corrected chi connectivity index (χ1v) is 3.84. The van der Waals surface area contributed by atoms with Gasteiger partial charge in [0, 0.05) is 5.56 Å². The van der Waals surface area contributed by atoms with Gasteiger partial charge in [0.05, 0.1) is 5.16 Å². The molecule has 3 nitrogen and oxygen atoms in total. The Morgan fingerprint density at radius 2 is 2.08 bits per heavy atom. The van der Waals surface area contributed by atoms with Crippen molar-refractivity contribution in [2.45, 2.75) is 0 Å². The quantitative estimate of drug-likeness (QED) is 0.505. The number of amidine groups is 1. The Hall–Kier alpha value is -1.51. The van der Waals surface area contributed by atoms with Gasteiger partial charge in [-0.25, -0.2) is 0 Å². The lowest BCUT2D eigenvalue weighted by Crippen LogP contribution is -1.97. The fourth-order valence-electron chi connectivity index (χ4n) is 0.936. The summed E-state index contributed by atoms with van der Waals surface area (Å²) in [6.45, 7) is 0. The molecule has 0 fully saturated rings. The van der Waals surface area contributed by atoms with Crippen molar-refractivity contribution in [3.05, 3.63) is 35.9 Å². The van der Waals surface area contributed by atoms with Gasteiger partial charge >= 0.3 is 0 Å². The molecule has 1 aliphatic heterocycles. The third kappa shape index (κ3) is 1.25. The minimum Gasteiger partial charge on any atom is -0.125 e. The molecule has 0 atom stereocenters. The highest BCUT2D eigenvalue weighted by molar-refractivity contribution is 7.78. The van der Waals surface area contributed by atoms with Gasteiger partial charge in [0.15, 0.2) is 0 Å². The fraction of sp³-hybridized carbons (Fsp3) is 0. The topological polar surface area (TPSA) is 27.7 Å². The molecule has 0 saturated heterocycles. The van der Waals surface area contributed by atoms with Crippen molar-refractivity contribution in [1.82, 2.24) is 5.12 Å². The molecule has 2 rings (SSSR count). The molecule has 58 valence electrons. The summed E-state index contributed by atoms with van der Waals surface area (Å²) in [6, 6.07) is 9.81. The number of thiocarbonyl (C=S) groups is 1. The molecule has 1 aliphatic rings. The highest BCUT2D eigenvalue weighted by atomic mass is 32.1. The van der Waals surface area contributed by atoms with Crippen molar-refractivity contribution in [2.75, 3.05) is 0 Å².